The second-order valence-electron chi connectivity index (χ2n) is 13.9. The molecule has 0 saturated heterocycles. The summed E-state index contributed by atoms with van der Waals surface area (Å²) < 4.78 is 0. The van der Waals surface area contributed by atoms with Crippen molar-refractivity contribution >= 4 is 28.1 Å². The predicted octanol–water partition coefficient (Wildman–Crippen LogP) is 15.0. The third kappa shape index (κ3) is 8.01. The predicted molar refractivity (Wildman–Crippen MR) is 238 cm³/mol. The Kier molecular flexibility index (Phi) is 13.0. The van der Waals surface area contributed by atoms with Gasteiger partial charge in [-0.1, -0.05) is 174 Å². The highest BCUT2D eigenvalue weighted by atomic mass is 32.2. The molecule has 0 spiro atoms. The quantitative estimate of drug-likeness (QED) is 0.159. The van der Waals surface area contributed by atoms with Crippen LogP contribution in [-0.4, -0.2) is 6.04 Å². The van der Waals surface area contributed by atoms with E-state index in [1.165, 1.54) is 82.8 Å². The van der Waals surface area contributed by atoms with Gasteiger partial charge in [0.15, 0.2) is 0 Å². The number of rotatable bonds is 9. The molecule has 0 radical (unpaired) electrons. The average molecular weight is 728 g/mol. The second kappa shape index (κ2) is 18.0. The van der Waals surface area contributed by atoms with Gasteiger partial charge in [0.25, 0.3) is 0 Å². The molecule has 276 valence electrons. The lowest BCUT2D eigenvalue weighted by atomic mass is 9.94. The van der Waals surface area contributed by atoms with E-state index in [1.54, 1.807) is 0 Å². The van der Waals surface area contributed by atoms with Crippen molar-refractivity contribution in [1.29, 1.82) is 0 Å². The molecular weight excluding hydrogens is 671 g/mol. The Balaban J connectivity index is 0.000000964. The van der Waals surface area contributed by atoms with Crippen LogP contribution >= 0.6 is 11.8 Å². The Hall–Kier alpha value is -4.79. The Morgan fingerprint density at radius 2 is 1.43 bits per heavy atom. The van der Waals surface area contributed by atoms with Gasteiger partial charge >= 0.3 is 0 Å². The fourth-order valence-corrected chi connectivity index (χ4v) is 9.20. The minimum absolute atomic E-state index is 0. The van der Waals surface area contributed by atoms with Crippen LogP contribution in [0.1, 0.15) is 77.5 Å². The third-order valence-corrected chi connectivity index (χ3v) is 12.0. The molecule has 4 aliphatic rings. The number of nitrogens with one attached hydrogen (secondary N) is 1. The third-order valence-electron chi connectivity index (χ3n) is 10.7. The smallest absolute Gasteiger partial charge is 0.0450 e. The number of fused-ring (bicyclic) bond motifs is 4. The summed E-state index contributed by atoms with van der Waals surface area (Å²) in [4.78, 5) is 2.70. The van der Waals surface area contributed by atoms with Gasteiger partial charge in [0.2, 0.25) is 0 Å². The maximum atomic E-state index is 3.97. The molecule has 1 fully saturated rings. The number of hydrogen-bond donors (Lipinski definition) is 1. The summed E-state index contributed by atoms with van der Waals surface area (Å²) >= 11 is 1.89. The van der Waals surface area contributed by atoms with E-state index >= 15 is 0 Å². The van der Waals surface area contributed by atoms with Crippen molar-refractivity contribution in [3.63, 3.8) is 0 Å². The number of allylic oxidation sites excluding steroid dienone is 8. The van der Waals surface area contributed by atoms with Crippen LogP contribution in [0.25, 0.3) is 38.6 Å². The lowest BCUT2D eigenvalue weighted by Gasteiger charge is -2.20. The van der Waals surface area contributed by atoms with Gasteiger partial charge in [0.1, 0.15) is 0 Å². The number of benzene rings is 5. The van der Waals surface area contributed by atoms with Gasteiger partial charge in [-0.25, -0.2) is 0 Å². The maximum Gasteiger partial charge on any atom is 0.0450 e. The van der Waals surface area contributed by atoms with Crippen LogP contribution in [0.4, 0.5) is 0 Å². The highest BCUT2D eigenvalue weighted by Crippen LogP contribution is 2.50. The van der Waals surface area contributed by atoms with Gasteiger partial charge in [0, 0.05) is 21.5 Å². The van der Waals surface area contributed by atoms with Crippen LogP contribution in [0, 0.1) is 18.8 Å². The molecule has 0 heterocycles. The van der Waals surface area contributed by atoms with Crippen molar-refractivity contribution in [1.82, 2.24) is 5.32 Å². The standard InChI is InChI=1S/C47H41NS.2C2H6.CH4/c1-31-12-9-15-33(47(31)49-36-17-3-2-4-18-36)13-5-6-21-40-44-30-34(44)25-29-45(40)48-35-16-10-14-32(24-26-35)37-27-28-43-39-20-8-7-19-38(39)42-23-11-22-41(37)46(42)43;2*1-2;/h2-4,6-9,11-12,14-15,17-29,34-35,44,48H,5,10,13,16,30H2,1H3;2*1-2H3;1H4/b21-6+;;;. The molecule has 4 aliphatic carbocycles. The molecule has 1 saturated carbocycles. The zero-order chi connectivity index (χ0) is 36.7. The van der Waals surface area contributed by atoms with Gasteiger partial charge in [0.05, 0.1) is 0 Å². The molecule has 2 heteroatoms. The van der Waals surface area contributed by atoms with Crippen LogP contribution in [0.3, 0.4) is 0 Å². The maximum absolute atomic E-state index is 3.97. The van der Waals surface area contributed by atoms with Crippen LogP contribution in [0.2, 0.25) is 0 Å². The first-order chi connectivity index (χ1) is 26.2. The van der Waals surface area contributed by atoms with Crippen LogP contribution < -0.4 is 5.32 Å². The van der Waals surface area contributed by atoms with Crippen molar-refractivity contribution < 1.29 is 0 Å². The van der Waals surface area contributed by atoms with E-state index in [1.807, 2.05) is 39.5 Å². The largest absolute Gasteiger partial charge is 0.379 e. The molecule has 3 atom stereocenters. The van der Waals surface area contributed by atoms with Crippen LogP contribution in [0.15, 0.2) is 167 Å². The summed E-state index contributed by atoms with van der Waals surface area (Å²) in [5.41, 5.74) is 13.7. The Morgan fingerprint density at radius 3 is 2.22 bits per heavy atom. The summed E-state index contributed by atoms with van der Waals surface area (Å²) in [6.45, 7) is 10.2. The van der Waals surface area contributed by atoms with Crippen molar-refractivity contribution in [3.05, 3.63) is 174 Å². The molecule has 9 rings (SSSR count). The highest BCUT2D eigenvalue weighted by molar-refractivity contribution is 7.99. The Morgan fingerprint density at radius 1 is 0.722 bits per heavy atom. The van der Waals surface area contributed by atoms with E-state index in [4.69, 9.17) is 0 Å². The molecule has 0 aromatic heterocycles. The molecule has 0 bridgehead atoms. The molecular formula is C52H57NS. The summed E-state index contributed by atoms with van der Waals surface area (Å²) in [6, 6.07) is 38.1. The normalized spacial score (nSPS) is 18.7. The van der Waals surface area contributed by atoms with E-state index in [9.17, 15) is 0 Å². The van der Waals surface area contributed by atoms with Gasteiger partial charge in [-0.15, -0.1) is 0 Å². The Labute approximate surface area is 329 Å². The second-order valence-corrected chi connectivity index (χ2v) is 15.0. The molecule has 0 aliphatic heterocycles. The molecule has 1 N–H and O–H groups in total. The van der Waals surface area contributed by atoms with Crippen molar-refractivity contribution in [3.8, 4) is 22.3 Å². The minimum atomic E-state index is 0. The van der Waals surface area contributed by atoms with E-state index in [-0.39, 0.29) is 7.43 Å². The van der Waals surface area contributed by atoms with Crippen molar-refractivity contribution in [2.24, 2.45) is 11.8 Å². The lowest BCUT2D eigenvalue weighted by molar-refractivity contribution is 0.625. The molecule has 54 heavy (non-hydrogen) atoms. The first kappa shape index (κ1) is 38.9. The summed E-state index contributed by atoms with van der Waals surface area (Å²) in [5, 5.41) is 6.73. The molecule has 0 amide bonds. The van der Waals surface area contributed by atoms with Crippen LogP contribution in [0.5, 0.6) is 0 Å². The minimum Gasteiger partial charge on any atom is -0.379 e. The first-order valence-corrected chi connectivity index (χ1v) is 20.7. The van der Waals surface area contributed by atoms with E-state index in [0.717, 1.165) is 25.7 Å². The zero-order valence-corrected chi connectivity index (χ0v) is 32.8. The SMILES string of the molecule is C.CC.CC.Cc1cccc(CC/C=C/C2=C(NC3C=CC(c4ccc5c6c(cccc46)-c4ccccc4-5)=CCC3)C=CC3CC23)c1Sc1ccccc1. The van der Waals surface area contributed by atoms with E-state index < -0.39 is 0 Å². The van der Waals surface area contributed by atoms with E-state index in [2.05, 4.69) is 158 Å². The lowest BCUT2D eigenvalue weighted by Crippen LogP contribution is -2.27. The average Bonchev–Trinajstić information content (AvgIpc) is 3.98. The monoisotopic (exact) mass is 727 g/mol. The van der Waals surface area contributed by atoms with Crippen LogP contribution in [-0.2, 0) is 6.42 Å². The van der Waals surface area contributed by atoms with Gasteiger partial charge in [-0.05, 0) is 130 Å². The number of aryl methyl sites for hydroxylation is 2. The fourth-order valence-electron chi connectivity index (χ4n) is 8.14. The molecule has 5 aromatic carbocycles. The summed E-state index contributed by atoms with van der Waals surface area (Å²) in [7, 11) is 0. The summed E-state index contributed by atoms with van der Waals surface area (Å²) in [5.74, 6) is 1.37. The first-order valence-electron chi connectivity index (χ1n) is 19.9. The van der Waals surface area contributed by atoms with Crippen molar-refractivity contribution in [2.45, 2.75) is 90.0 Å². The van der Waals surface area contributed by atoms with Crippen molar-refractivity contribution in [2.75, 3.05) is 0 Å². The summed E-state index contributed by atoms with van der Waals surface area (Å²) in [6.07, 6.45) is 22.4. The Bertz CT molecular complexity index is 2200. The zero-order valence-electron chi connectivity index (χ0n) is 32.0. The molecule has 5 aromatic rings. The van der Waals surface area contributed by atoms with Gasteiger partial charge in [-0.3, -0.25) is 0 Å². The number of hydrogen-bond acceptors (Lipinski definition) is 2. The molecule has 3 unspecified atom stereocenters. The topological polar surface area (TPSA) is 12.0 Å². The fraction of sp³-hybridized carbons (Fsp3) is 0.269. The highest BCUT2D eigenvalue weighted by Gasteiger charge is 2.40. The van der Waals surface area contributed by atoms with Gasteiger partial charge < -0.3 is 5.32 Å². The molecule has 1 nitrogen and oxygen atoms in total. The van der Waals surface area contributed by atoms with E-state index in [0.29, 0.717) is 17.9 Å². The van der Waals surface area contributed by atoms with Gasteiger partial charge in [-0.2, -0.15) is 0 Å².